The first-order valence-corrected chi connectivity index (χ1v) is 10.4. The summed E-state index contributed by atoms with van der Waals surface area (Å²) >= 11 is 0. The topological polar surface area (TPSA) is 86.9 Å². The third-order valence-corrected chi connectivity index (χ3v) is 4.97. The Kier molecular flexibility index (Phi) is 7.35. The number of nitrogens with zero attached hydrogens (tertiary/aromatic N) is 3. The maximum absolute atomic E-state index is 13.1. The van der Waals surface area contributed by atoms with Crippen molar-refractivity contribution >= 4 is 5.91 Å². The van der Waals surface area contributed by atoms with E-state index in [0.717, 1.165) is 11.1 Å². The zero-order chi connectivity index (χ0) is 23.3. The Labute approximate surface area is 188 Å². The van der Waals surface area contributed by atoms with E-state index in [1.165, 1.54) is 0 Å². The van der Waals surface area contributed by atoms with Gasteiger partial charge in [0.1, 0.15) is 12.3 Å². The Morgan fingerprint density at radius 3 is 2.47 bits per heavy atom. The standard InChI is InChI=1S/C24H29N3O5/c1-15(2)27(24(28)17(4)31-19-9-7-8-16(3)12-19)14-22-25-23(26-32-22)18-10-11-20(29-5)21(13-18)30-6/h7-13,15,17H,14H2,1-6H3/t17-/m0/s1. The van der Waals surface area contributed by atoms with Gasteiger partial charge in [-0.3, -0.25) is 4.79 Å². The molecule has 0 unspecified atom stereocenters. The van der Waals surface area contributed by atoms with Crippen LogP contribution < -0.4 is 14.2 Å². The van der Waals surface area contributed by atoms with Gasteiger partial charge in [-0.1, -0.05) is 17.3 Å². The number of ether oxygens (including phenoxy) is 3. The Morgan fingerprint density at radius 1 is 1.06 bits per heavy atom. The molecule has 0 radical (unpaired) electrons. The van der Waals surface area contributed by atoms with E-state index in [2.05, 4.69) is 10.1 Å². The van der Waals surface area contributed by atoms with Crippen LogP contribution in [0.1, 0.15) is 32.2 Å². The van der Waals surface area contributed by atoms with Gasteiger partial charge in [0.25, 0.3) is 5.91 Å². The highest BCUT2D eigenvalue weighted by Gasteiger charge is 2.26. The number of benzene rings is 2. The fraction of sp³-hybridized carbons (Fsp3) is 0.375. The average molecular weight is 440 g/mol. The maximum atomic E-state index is 13.1. The lowest BCUT2D eigenvalue weighted by molar-refractivity contribution is -0.140. The molecule has 0 aliphatic heterocycles. The lowest BCUT2D eigenvalue weighted by Crippen LogP contribution is -2.43. The fourth-order valence-corrected chi connectivity index (χ4v) is 3.25. The molecule has 0 aliphatic carbocycles. The molecule has 0 spiro atoms. The minimum atomic E-state index is -0.660. The van der Waals surface area contributed by atoms with E-state index < -0.39 is 6.10 Å². The molecule has 0 saturated carbocycles. The highest BCUT2D eigenvalue weighted by atomic mass is 16.5. The van der Waals surface area contributed by atoms with Crippen molar-refractivity contribution in [2.45, 2.75) is 46.4 Å². The van der Waals surface area contributed by atoms with Gasteiger partial charge in [0, 0.05) is 11.6 Å². The molecule has 1 aromatic heterocycles. The van der Waals surface area contributed by atoms with Gasteiger partial charge in [-0.05, 0) is 63.6 Å². The molecule has 170 valence electrons. The summed E-state index contributed by atoms with van der Waals surface area (Å²) in [5.41, 5.74) is 1.78. The zero-order valence-electron chi connectivity index (χ0n) is 19.3. The monoisotopic (exact) mass is 439 g/mol. The smallest absolute Gasteiger partial charge is 0.264 e. The Morgan fingerprint density at radius 2 is 1.81 bits per heavy atom. The predicted octanol–water partition coefficient (Wildman–Crippen LogP) is 4.27. The van der Waals surface area contributed by atoms with E-state index in [9.17, 15) is 4.79 Å². The van der Waals surface area contributed by atoms with Crippen molar-refractivity contribution in [3.63, 3.8) is 0 Å². The third-order valence-electron chi connectivity index (χ3n) is 4.97. The number of aryl methyl sites for hydroxylation is 1. The van der Waals surface area contributed by atoms with Crippen LogP contribution in [-0.2, 0) is 11.3 Å². The maximum Gasteiger partial charge on any atom is 0.264 e. The molecule has 1 heterocycles. The normalized spacial score (nSPS) is 11.8. The van der Waals surface area contributed by atoms with Crippen LogP contribution in [0.15, 0.2) is 47.0 Å². The number of hydrogen-bond acceptors (Lipinski definition) is 7. The molecule has 0 N–H and O–H groups in total. The summed E-state index contributed by atoms with van der Waals surface area (Å²) in [7, 11) is 3.14. The van der Waals surface area contributed by atoms with Crippen LogP contribution in [0.2, 0.25) is 0 Å². The van der Waals surface area contributed by atoms with Crippen molar-refractivity contribution in [2.24, 2.45) is 0 Å². The number of amides is 1. The summed E-state index contributed by atoms with van der Waals surface area (Å²) in [6.07, 6.45) is -0.660. The number of hydrogen-bond donors (Lipinski definition) is 0. The quantitative estimate of drug-likeness (QED) is 0.492. The van der Waals surface area contributed by atoms with Crippen molar-refractivity contribution in [3.05, 3.63) is 53.9 Å². The summed E-state index contributed by atoms with van der Waals surface area (Å²) in [6.45, 7) is 7.76. The number of methoxy groups -OCH3 is 2. The van der Waals surface area contributed by atoms with Crippen molar-refractivity contribution in [3.8, 4) is 28.6 Å². The molecule has 1 atom stereocenters. The number of aromatic nitrogens is 2. The molecule has 3 aromatic rings. The molecule has 0 aliphatic rings. The van der Waals surface area contributed by atoms with Gasteiger partial charge in [-0.2, -0.15) is 4.98 Å². The minimum absolute atomic E-state index is 0.0810. The van der Waals surface area contributed by atoms with Crippen molar-refractivity contribution in [1.82, 2.24) is 15.0 Å². The van der Waals surface area contributed by atoms with Gasteiger partial charge in [0.05, 0.1) is 14.2 Å². The molecule has 3 rings (SSSR count). The van der Waals surface area contributed by atoms with E-state index in [1.54, 1.807) is 38.2 Å². The van der Waals surface area contributed by atoms with E-state index in [1.807, 2.05) is 51.1 Å². The minimum Gasteiger partial charge on any atom is -0.493 e. The third kappa shape index (κ3) is 5.38. The Hall–Kier alpha value is -3.55. The highest BCUT2D eigenvalue weighted by Crippen LogP contribution is 2.31. The molecule has 0 saturated heterocycles. The Bertz CT molecular complexity index is 1060. The largest absolute Gasteiger partial charge is 0.493 e. The van der Waals surface area contributed by atoms with Gasteiger partial charge in [0.2, 0.25) is 11.7 Å². The molecule has 1 amide bonds. The molecule has 8 nitrogen and oxygen atoms in total. The summed E-state index contributed by atoms with van der Waals surface area (Å²) < 4.78 is 21.9. The lowest BCUT2D eigenvalue weighted by Gasteiger charge is -2.28. The van der Waals surface area contributed by atoms with Gasteiger partial charge in [-0.25, -0.2) is 0 Å². The average Bonchev–Trinajstić information content (AvgIpc) is 3.25. The Balaban J connectivity index is 1.74. The van der Waals surface area contributed by atoms with Crippen LogP contribution >= 0.6 is 0 Å². The molecule has 0 fully saturated rings. The number of rotatable bonds is 9. The summed E-state index contributed by atoms with van der Waals surface area (Å²) in [5, 5.41) is 4.06. The van der Waals surface area contributed by atoms with Crippen LogP contribution in [0.5, 0.6) is 17.2 Å². The van der Waals surface area contributed by atoms with Crippen molar-refractivity contribution < 1.29 is 23.5 Å². The number of carbonyl (C=O) groups excluding carboxylic acids is 1. The molecule has 0 bridgehead atoms. The summed E-state index contributed by atoms with van der Waals surface area (Å²) in [5.74, 6) is 2.41. The molecular weight excluding hydrogens is 410 g/mol. The predicted molar refractivity (Wildman–Crippen MR) is 120 cm³/mol. The molecule has 2 aromatic carbocycles. The van der Waals surface area contributed by atoms with E-state index in [0.29, 0.717) is 29.0 Å². The van der Waals surface area contributed by atoms with Crippen LogP contribution in [0.4, 0.5) is 0 Å². The van der Waals surface area contributed by atoms with Crippen molar-refractivity contribution in [1.29, 1.82) is 0 Å². The zero-order valence-corrected chi connectivity index (χ0v) is 19.3. The van der Waals surface area contributed by atoms with Gasteiger partial charge in [0.15, 0.2) is 17.6 Å². The second-order valence-corrected chi connectivity index (χ2v) is 7.72. The second-order valence-electron chi connectivity index (χ2n) is 7.72. The van der Waals surface area contributed by atoms with Gasteiger partial charge in [-0.15, -0.1) is 0 Å². The summed E-state index contributed by atoms with van der Waals surface area (Å²) in [6, 6.07) is 12.9. The first-order chi connectivity index (χ1) is 15.3. The van der Waals surface area contributed by atoms with E-state index >= 15 is 0 Å². The van der Waals surface area contributed by atoms with Crippen LogP contribution in [0, 0.1) is 6.92 Å². The van der Waals surface area contributed by atoms with Gasteiger partial charge < -0.3 is 23.6 Å². The first kappa shape index (κ1) is 23.1. The van der Waals surface area contributed by atoms with Crippen LogP contribution in [0.25, 0.3) is 11.4 Å². The van der Waals surface area contributed by atoms with E-state index in [4.69, 9.17) is 18.7 Å². The molecule has 32 heavy (non-hydrogen) atoms. The van der Waals surface area contributed by atoms with Crippen LogP contribution in [0.3, 0.4) is 0 Å². The lowest BCUT2D eigenvalue weighted by atomic mass is 10.2. The highest BCUT2D eigenvalue weighted by molar-refractivity contribution is 5.81. The fourth-order valence-electron chi connectivity index (χ4n) is 3.25. The SMILES string of the molecule is COc1ccc(-c2noc(CN(C(=O)[C@H](C)Oc3cccc(C)c3)C(C)C)n2)cc1OC. The molecule has 8 heteroatoms. The van der Waals surface area contributed by atoms with Gasteiger partial charge >= 0.3 is 0 Å². The summed E-state index contributed by atoms with van der Waals surface area (Å²) in [4.78, 5) is 19.2. The number of carbonyl (C=O) groups is 1. The second kappa shape index (κ2) is 10.2. The van der Waals surface area contributed by atoms with Crippen molar-refractivity contribution in [2.75, 3.05) is 14.2 Å². The van der Waals surface area contributed by atoms with E-state index in [-0.39, 0.29) is 18.5 Å². The molecular formula is C24H29N3O5. The first-order valence-electron chi connectivity index (χ1n) is 10.4. The van der Waals surface area contributed by atoms with Crippen LogP contribution in [-0.4, -0.2) is 47.3 Å².